The molecule has 116 valence electrons. The molecule has 5 heteroatoms. The molecule has 2 heterocycles. The minimum Gasteiger partial charge on any atom is -0.359 e. The molecule has 1 aromatic heterocycles. The number of halogens is 2. The van der Waals surface area contributed by atoms with Gasteiger partial charge in [0.15, 0.2) is 0 Å². The zero-order valence-corrected chi connectivity index (χ0v) is 14.0. The Bertz CT molecular complexity index is 613. The summed E-state index contributed by atoms with van der Waals surface area (Å²) >= 11 is 11.9. The van der Waals surface area contributed by atoms with E-state index in [0.717, 1.165) is 30.5 Å². The van der Waals surface area contributed by atoms with Crippen molar-refractivity contribution in [3.63, 3.8) is 0 Å². The smallest absolute Gasteiger partial charge is 0.128 e. The fourth-order valence-corrected chi connectivity index (χ4v) is 3.30. The molecule has 22 heavy (non-hydrogen) atoms. The average molecular weight is 336 g/mol. The molecule has 2 atom stereocenters. The normalized spacial score (nSPS) is 21.0. The Morgan fingerprint density at radius 3 is 2.50 bits per heavy atom. The second kappa shape index (κ2) is 6.86. The highest BCUT2D eigenvalue weighted by Crippen LogP contribution is 2.30. The van der Waals surface area contributed by atoms with Crippen LogP contribution >= 0.6 is 23.2 Å². The molecule has 0 saturated carbocycles. The van der Waals surface area contributed by atoms with Crippen LogP contribution in [0.5, 0.6) is 0 Å². The van der Waals surface area contributed by atoms with E-state index in [1.165, 1.54) is 5.56 Å². The molecule has 0 radical (unpaired) electrons. The molecule has 0 spiro atoms. The third kappa shape index (κ3) is 3.54. The summed E-state index contributed by atoms with van der Waals surface area (Å²) in [6.07, 6.45) is 1.69. The zero-order chi connectivity index (χ0) is 15.5. The standard InChI is InChI=1S/C17H19Cl2N3/c1-22(17-7-6-15(19)9-21-17)11-13-8-20-10-16(13)12-2-4-14(18)5-3-12/h2-7,9,13,16,20H,8,10-11H2,1H3/t13-,16+/m0/s1. The first-order valence-corrected chi connectivity index (χ1v) is 8.18. The van der Waals surface area contributed by atoms with Crippen molar-refractivity contribution < 1.29 is 0 Å². The molecule has 3 nitrogen and oxygen atoms in total. The summed E-state index contributed by atoms with van der Waals surface area (Å²) < 4.78 is 0. The van der Waals surface area contributed by atoms with Crippen molar-refractivity contribution in [2.45, 2.75) is 5.92 Å². The predicted octanol–water partition coefficient (Wildman–Crippen LogP) is 3.83. The SMILES string of the molecule is CN(C[C@@H]1CNC[C@@H]1c1ccc(Cl)cc1)c1ccc(Cl)cn1. The van der Waals surface area contributed by atoms with Crippen LogP contribution in [0.2, 0.25) is 10.0 Å². The molecule has 1 aliphatic heterocycles. The van der Waals surface area contributed by atoms with Crippen molar-refractivity contribution in [3.8, 4) is 0 Å². The van der Waals surface area contributed by atoms with Crippen LogP contribution in [0, 0.1) is 5.92 Å². The van der Waals surface area contributed by atoms with Gasteiger partial charge in [0.05, 0.1) is 5.02 Å². The molecule has 0 aliphatic carbocycles. The highest BCUT2D eigenvalue weighted by molar-refractivity contribution is 6.30. The number of hydrogen-bond acceptors (Lipinski definition) is 3. The second-order valence-electron chi connectivity index (χ2n) is 5.79. The lowest BCUT2D eigenvalue weighted by Crippen LogP contribution is -2.29. The number of rotatable bonds is 4. The summed E-state index contributed by atoms with van der Waals surface area (Å²) in [5, 5.41) is 4.95. The van der Waals surface area contributed by atoms with Crippen molar-refractivity contribution in [2.75, 3.05) is 31.6 Å². The maximum atomic E-state index is 5.99. The van der Waals surface area contributed by atoms with E-state index in [1.54, 1.807) is 6.20 Å². The number of nitrogens with zero attached hydrogens (tertiary/aromatic N) is 2. The highest BCUT2D eigenvalue weighted by atomic mass is 35.5. The van der Waals surface area contributed by atoms with Crippen LogP contribution in [0.3, 0.4) is 0 Å². The van der Waals surface area contributed by atoms with Crippen LogP contribution in [0.25, 0.3) is 0 Å². The molecule has 1 N–H and O–H groups in total. The van der Waals surface area contributed by atoms with Crippen LogP contribution in [-0.2, 0) is 0 Å². The Hall–Kier alpha value is -1.29. The van der Waals surface area contributed by atoms with Crippen molar-refractivity contribution in [2.24, 2.45) is 5.92 Å². The van der Waals surface area contributed by atoms with E-state index in [1.807, 2.05) is 24.3 Å². The Balaban J connectivity index is 1.70. The lowest BCUT2D eigenvalue weighted by molar-refractivity contribution is 0.517. The second-order valence-corrected chi connectivity index (χ2v) is 6.66. The van der Waals surface area contributed by atoms with Gasteiger partial charge in [-0.05, 0) is 35.7 Å². The van der Waals surface area contributed by atoms with E-state index < -0.39 is 0 Å². The van der Waals surface area contributed by atoms with Gasteiger partial charge in [-0.25, -0.2) is 4.98 Å². The maximum Gasteiger partial charge on any atom is 0.128 e. The van der Waals surface area contributed by atoms with Crippen LogP contribution < -0.4 is 10.2 Å². The van der Waals surface area contributed by atoms with Gasteiger partial charge < -0.3 is 10.2 Å². The van der Waals surface area contributed by atoms with Crippen molar-refractivity contribution in [1.29, 1.82) is 0 Å². The van der Waals surface area contributed by atoms with Crippen molar-refractivity contribution in [3.05, 3.63) is 58.2 Å². The summed E-state index contributed by atoms with van der Waals surface area (Å²) in [5.74, 6) is 2.00. The molecule has 1 fully saturated rings. The Kier molecular flexibility index (Phi) is 4.87. The van der Waals surface area contributed by atoms with E-state index in [2.05, 4.69) is 34.4 Å². The Morgan fingerprint density at radius 2 is 1.82 bits per heavy atom. The van der Waals surface area contributed by atoms with Crippen LogP contribution in [0.15, 0.2) is 42.6 Å². The highest BCUT2D eigenvalue weighted by Gasteiger charge is 2.29. The largest absolute Gasteiger partial charge is 0.359 e. The van der Waals surface area contributed by atoms with Gasteiger partial charge in [-0.3, -0.25) is 0 Å². The van der Waals surface area contributed by atoms with Crippen molar-refractivity contribution >= 4 is 29.0 Å². The van der Waals surface area contributed by atoms with E-state index in [4.69, 9.17) is 23.2 Å². The Morgan fingerprint density at radius 1 is 1.09 bits per heavy atom. The van der Waals surface area contributed by atoms with Crippen molar-refractivity contribution in [1.82, 2.24) is 10.3 Å². The van der Waals surface area contributed by atoms with E-state index in [9.17, 15) is 0 Å². The van der Waals surface area contributed by atoms with Gasteiger partial charge in [0, 0.05) is 43.8 Å². The molecule has 1 aliphatic rings. The van der Waals surface area contributed by atoms with Gasteiger partial charge >= 0.3 is 0 Å². The van der Waals surface area contributed by atoms with Gasteiger partial charge in [-0.1, -0.05) is 35.3 Å². The van der Waals surface area contributed by atoms with Crippen LogP contribution in [0.1, 0.15) is 11.5 Å². The first-order chi connectivity index (χ1) is 10.6. The number of nitrogens with one attached hydrogen (secondary N) is 1. The molecule has 1 aromatic carbocycles. The number of aromatic nitrogens is 1. The molecule has 0 amide bonds. The number of benzene rings is 1. The maximum absolute atomic E-state index is 5.99. The summed E-state index contributed by atoms with van der Waals surface area (Å²) in [6.45, 7) is 2.98. The molecule has 0 bridgehead atoms. The molecular weight excluding hydrogens is 317 g/mol. The summed E-state index contributed by atoms with van der Waals surface area (Å²) in [7, 11) is 2.08. The fourth-order valence-electron chi connectivity index (χ4n) is 3.06. The molecule has 1 saturated heterocycles. The third-order valence-corrected chi connectivity index (χ3v) is 4.72. The molecule has 3 rings (SSSR count). The van der Waals surface area contributed by atoms with Crippen LogP contribution in [0.4, 0.5) is 5.82 Å². The zero-order valence-electron chi connectivity index (χ0n) is 12.5. The number of anilines is 1. The van der Waals surface area contributed by atoms with E-state index in [-0.39, 0.29) is 0 Å². The van der Waals surface area contributed by atoms with Gasteiger partial charge in [-0.2, -0.15) is 0 Å². The fraction of sp³-hybridized carbons (Fsp3) is 0.353. The lowest BCUT2D eigenvalue weighted by Gasteiger charge is -2.26. The number of hydrogen-bond donors (Lipinski definition) is 1. The first kappa shape index (κ1) is 15.6. The minimum atomic E-state index is 0.506. The lowest BCUT2D eigenvalue weighted by atomic mass is 9.88. The Labute approximate surface area is 141 Å². The quantitative estimate of drug-likeness (QED) is 0.920. The first-order valence-electron chi connectivity index (χ1n) is 7.42. The van der Waals surface area contributed by atoms with Gasteiger partial charge in [0.2, 0.25) is 0 Å². The van der Waals surface area contributed by atoms with Gasteiger partial charge in [-0.15, -0.1) is 0 Å². The average Bonchev–Trinajstić information content (AvgIpc) is 2.97. The monoisotopic (exact) mass is 335 g/mol. The molecular formula is C17H19Cl2N3. The summed E-state index contributed by atoms with van der Waals surface area (Å²) in [4.78, 5) is 6.58. The van der Waals surface area contributed by atoms with Crippen LogP contribution in [-0.4, -0.2) is 31.7 Å². The van der Waals surface area contributed by atoms with Gasteiger partial charge in [0.1, 0.15) is 5.82 Å². The number of pyridine rings is 1. The summed E-state index contributed by atoms with van der Waals surface area (Å²) in [6, 6.07) is 12.0. The topological polar surface area (TPSA) is 28.2 Å². The van der Waals surface area contributed by atoms with Gasteiger partial charge in [0.25, 0.3) is 0 Å². The summed E-state index contributed by atoms with van der Waals surface area (Å²) in [5.41, 5.74) is 1.34. The molecule has 2 aromatic rings. The predicted molar refractivity (Wildman–Crippen MR) is 93.1 cm³/mol. The van der Waals surface area contributed by atoms with E-state index >= 15 is 0 Å². The molecule has 0 unspecified atom stereocenters. The van der Waals surface area contributed by atoms with E-state index in [0.29, 0.717) is 16.9 Å². The minimum absolute atomic E-state index is 0.506. The third-order valence-electron chi connectivity index (χ3n) is 4.25.